The highest BCUT2D eigenvalue weighted by Crippen LogP contribution is 2.37. The van der Waals surface area contributed by atoms with Crippen LogP contribution in [0.2, 0.25) is 0 Å². The molecule has 0 aliphatic rings. The standard InChI is InChI=1S/C27H27N3O/c1-19-4-8-21(9-5-19)25-15-27-26(23(18-31-27)17-30-13-3-2-12-28)14-24(25)22-10-6-20(16-29)7-11-22/h4-11,14-15,18,30H,2-3,12-13,17,28H2,1H3. The average Bonchev–Trinajstić information content (AvgIpc) is 3.20. The van der Waals surface area contributed by atoms with E-state index in [4.69, 9.17) is 15.4 Å². The van der Waals surface area contributed by atoms with Gasteiger partial charge in [0.15, 0.2) is 0 Å². The van der Waals surface area contributed by atoms with Gasteiger partial charge in [0.05, 0.1) is 17.9 Å². The zero-order valence-corrected chi connectivity index (χ0v) is 17.8. The molecule has 3 N–H and O–H groups in total. The fourth-order valence-electron chi connectivity index (χ4n) is 3.82. The number of hydrogen-bond acceptors (Lipinski definition) is 4. The summed E-state index contributed by atoms with van der Waals surface area (Å²) < 4.78 is 5.94. The molecule has 31 heavy (non-hydrogen) atoms. The lowest BCUT2D eigenvalue weighted by Gasteiger charge is -2.12. The van der Waals surface area contributed by atoms with E-state index in [1.807, 2.05) is 30.5 Å². The van der Waals surface area contributed by atoms with Crippen LogP contribution in [0.15, 0.2) is 71.3 Å². The van der Waals surface area contributed by atoms with Crippen LogP contribution in [-0.4, -0.2) is 13.1 Å². The van der Waals surface area contributed by atoms with Gasteiger partial charge in [-0.3, -0.25) is 0 Å². The van der Waals surface area contributed by atoms with Crippen LogP contribution >= 0.6 is 0 Å². The summed E-state index contributed by atoms with van der Waals surface area (Å²) in [6.07, 6.45) is 3.95. The highest BCUT2D eigenvalue weighted by Gasteiger charge is 2.14. The van der Waals surface area contributed by atoms with E-state index in [1.54, 1.807) is 0 Å². The van der Waals surface area contributed by atoms with E-state index in [1.165, 1.54) is 5.56 Å². The Hall–Kier alpha value is -3.39. The van der Waals surface area contributed by atoms with E-state index in [-0.39, 0.29) is 0 Å². The normalized spacial score (nSPS) is 11.0. The summed E-state index contributed by atoms with van der Waals surface area (Å²) in [6.45, 7) is 4.52. The molecule has 1 heterocycles. The number of benzene rings is 3. The van der Waals surface area contributed by atoms with E-state index >= 15 is 0 Å². The molecule has 1 aromatic heterocycles. The van der Waals surface area contributed by atoms with E-state index in [2.05, 4.69) is 54.7 Å². The monoisotopic (exact) mass is 409 g/mol. The number of furan rings is 1. The van der Waals surface area contributed by atoms with Crippen LogP contribution in [0.3, 0.4) is 0 Å². The minimum Gasteiger partial charge on any atom is -0.464 e. The highest BCUT2D eigenvalue weighted by molar-refractivity contribution is 5.95. The summed E-state index contributed by atoms with van der Waals surface area (Å²) in [5.41, 5.74) is 14.0. The van der Waals surface area contributed by atoms with Crippen molar-refractivity contribution in [2.24, 2.45) is 5.73 Å². The Labute approximate surface area is 183 Å². The van der Waals surface area contributed by atoms with E-state index < -0.39 is 0 Å². The van der Waals surface area contributed by atoms with Crippen LogP contribution in [0.5, 0.6) is 0 Å². The molecule has 0 fully saturated rings. The molecule has 0 bridgehead atoms. The van der Waals surface area contributed by atoms with Crippen molar-refractivity contribution in [3.63, 3.8) is 0 Å². The maximum atomic E-state index is 9.17. The predicted octanol–water partition coefficient (Wildman–Crippen LogP) is 5.78. The second kappa shape index (κ2) is 9.61. The number of aryl methyl sites for hydroxylation is 1. The van der Waals surface area contributed by atoms with E-state index in [0.717, 1.165) is 71.3 Å². The number of hydrogen-bond donors (Lipinski definition) is 2. The Bertz CT molecular complexity index is 1200. The summed E-state index contributed by atoms with van der Waals surface area (Å²) >= 11 is 0. The average molecular weight is 410 g/mol. The SMILES string of the molecule is Cc1ccc(-c2cc3occ(CNCCCCN)c3cc2-c2ccc(C#N)cc2)cc1. The summed E-state index contributed by atoms with van der Waals surface area (Å²) in [7, 11) is 0. The number of nitrogens with zero attached hydrogens (tertiary/aromatic N) is 1. The van der Waals surface area contributed by atoms with E-state index in [0.29, 0.717) is 5.56 Å². The van der Waals surface area contributed by atoms with Crippen LogP contribution in [0.1, 0.15) is 29.5 Å². The lowest BCUT2D eigenvalue weighted by Crippen LogP contribution is -2.15. The Morgan fingerprint density at radius 2 is 1.61 bits per heavy atom. The quantitative estimate of drug-likeness (QED) is 0.362. The Kier molecular flexibility index (Phi) is 6.47. The van der Waals surface area contributed by atoms with Gasteiger partial charge >= 0.3 is 0 Å². The van der Waals surface area contributed by atoms with Crippen molar-refractivity contribution >= 4 is 11.0 Å². The summed E-state index contributed by atoms with van der Waals surface area (Å²) in [5, 5.41) is 13.8. The molecule has 4 aromatic rings. The number of nitriles is 1. The van der Waals surface area contributed by atoms with Crippen LogP contribution < -0.4 is 11.1 Å². The lowest BCUT2D eigenvalue weighted by atomic mass is 9.92. The first kappa shape index (κ1) is 20.9. The molecule has 0 saturated heterocycles. The first-order chi connectivity index (χ1) is 15.2. The molecule has 4 nitrogen and oxygen atoms in total. The van der Waals surface area contributed by atoms with Gasteiger partial charge in [0.1, 0.15) is 5.58 Å². The van der Waals surface area contributed by atoms with Crippen LogP contribution in [0, 0.1) is 18.3 Å². The molecule has 3 aromatic carbocycles. The van der Waals surface area contributed by atoms with E-state index in [9.17, 15) is 0 Å². The number of nitrogens with one attached hydrogen (secondary N) is 1. The summed E-state index contributed by atoms with van der Waals surface area (Å²) in [4.78, 5) is 0. The van der Waals surface area contributed by atoms with Crippen LogP contribution in [0.25, 0.3) is 33.2 Å². The fourth-order valence-corrected chi connectivity index (χ4v) is 3.82. The van der Waals surface area contributed by atoms with Crippen molar-refractivity contribution in [1.82, 2.24) is 5.32 Å². The smallest absolute Gasteiger partial charge is 0.134 e. The Morgan fingerprint density at radius 1 is 0.935 bits per heavy atom. The van der Waals surface area contributed by atoms with Crippen LogP contribution in [-0.2, 0) is 6.54 Å². The summed E-state index contributed by atoms with van der Waals surface area (Å²) in [5.74, 6) is 0. The van der Waals surface area contributed by atoms with Gasteiger partial charge in [-0.2, -0.15) is 5.26 Å². The predicted molar refractivity (Wildman–Crippen MR) is 127 cm³/mol. The van der Waals surface area contributed by atoms with Gasteiger partial charge in [0.25, 0.3) is 0 Å². The summed E-state index contributed by atoms with van der Waals surface area (Å²) in [6, 6.07) is 22.9. The molecule has 0 amide bonds. The van der Waals surface area contributed by atoms with Gasteiger partial charge in [-0.05, 0) is 79.4 Å². The first-order valence-electron chi connectivity index (χ1n) is 10.7. The molecule has 0 unspecified atom stereocenters. The van der Waals surface area contributed by atoms with Crippen molar-refractivity contribution in [2.45, 2.75) is 26.3 Å². The zero-order valence-electron chi connectivity index (χ0n) is 17.8. The number of nitrogens with two attached hydrogens (primary N) is 1. The van der Waals surface area contributed by atoms with Gasteiger partial charge in [-0.15, -0.1) is 0 Å². The molecule has 156 valence electrons. The number of rotatable bonds is 8. The van der Waals surface area contributed by atoms with Crippen molar-refractivity contribution in [2.75, 3.05) is 13.1 Å². The number of fused-ring (bicyclic) bond motifs is 1. The van der Waals surface area contributed by atoms with Crippen molar-refractivity contribution in [3.05, 3.63) is 83.6 Å². The molecule has 0 spiro atoms. The van der Waals surface area contributed by atoms with Crippen LogP contribution in [0.4, 0.5) is 0 Å². The zero-order chi connectivity index (χ0) is 21.6. The topological polar surface area (TPSA) is 75.0 Å². The van der Waals surface area contributed by atoms with Crippen molar-refractivity contribution < 1.29 is 4.42 Å². The molecule has 4 heteroatoms. The van der Waals surface area contributed by atoms with Crippen molar-refractivity contribution in [3.8, 4) is 28.3 Å². The second-order valence-electron chi connectivity index (χ2n) is 7.88. The maximum Gasteiger partial charge on any atom is 0.134 e. The molecule has 4 rings (SSSR count). The second-order valence-corrected chi connectivity index (χ2v) is 7.88. The van der Waals surface area contributed by atoms with Gasteiger partial charge in [0, 0.05) is 17.5 Å². The highest BCUT2D eigenvalue weighted by atomic mass is 16.3. The molecule has 0 saturated carbocycles. The molecule has 0 atom stereocenters. The molecular formula is C27H27N3O. The fraction of sp³-hybridized carbons (Fsp3) is 0.222. The number of unbranched alkanes of at least 4 members (excludes halogenated alkanes) is 1. The minimum atomic E-state index is 0.660. The van der Waals surface area contributed by atoms with Crippen molar-refractivity contribution in [1.29, 1.82) is 5.26 Å². The third kappa shape index (κ3) is 4.69. The molecule has 0 radical (unpaired) electrons. The first-order valence-corrected chi connectivity index (χ1v) is 10.7. The molecule has 0 aliphatic carbocycles. The van der Waals surface area contributed by atoms with Gasteiger partial charge < -0.3 is 15.5 Å². The molecule has 0 aliphatic heterocycles. The third-order valence-electron chi connectivity index (χ3n) is 5.60. The lowest BCUT2D eigenvalue weighted by molar-refractivity contribution is 0.594. The third-order valence-corrected chi connectivity index (χ3v) is 5.60. The molecular weight excluding hydrogens is 382 g/mol. The Balaban J connectivity index is 1.76. The van der Waals surface area contributed by atoms with Gasteiger partial charge in [-0.25, -0.2) is 0 Å². The Morgan fingerprint density at radius 3 is 2.29 bits per heavy atom. The minimum absolute atomic E-state index is 0.660. The van der Waals surface area contributed by atoms with Gasteiger partial charge in [0.2, 0.25) is 0 Å². The maximum absolute atomic E-state index is 9.17. The van der Waals surface area contributed by atoms with Gasteiger partial charge in [-0.1, -0.05) is 42.0 Å². The largest absolute Gasteiger partial charge is 0.464 e.